The first kappa shape index (κ1) is 25.2. The van der Waals surface area contributed by atoms with E-state index >= 15 is 0 Å². The Kier molecular flexibility index (Phi) is 7.84. The molecule has 0 amide bonds. The standard InChI is InChI=1S/C25H35FO5/c1-15-13-17(3)21(23(28)29)19(14-15)9-8-10-20-22(31-24(5,6)30-20)16(2)11-12-25(7,26)18(4)27/h8-9,11-14,16,18,20,22,27H,10H2,1-7H3,(H,28,29)/b9-8+,12-11-. The summed E-state index contributed by atoms with van der Waals surface area (Å²) in [6.07, 6.45) is 5.61. The Balaban J connectivity index is 2.20. The van der Waals surface area contributed by atoms with E-state index < -0.39 is 23.5 Å². The highest BCUT2D eigenvalue weighted by atomic mass is 19.1. The van der Waals surface area contributed by atoms with Crippen molar-refractivity contribution in [2.45, 2.75) is 84.7 Å². The minimum Gasteiger partial charge on any atom is -0.478 e. The van der Waals surface area contributed by atoms with Gasteiger partial charge in [-0.3, -0.25) is 0 Å². The zero-order valence-corrected chi connectivity index (χ0v) is 19.5. The molecule has 1 saturated heterocycles. The molecule has 1 heterocycles. The normalized spacial score (nSPS) is 25.1. The van der Waals surface area contributed by atoms with Gasteiger partial charge in [-0.25, -0.2) is 9.18 Å². The number of carboxylic acid groups (broad SMARTS) is 1. The molecule has 5 unspecified atom stereocenters. The Hall–Kier alpha value is -2.02. The minimum absolute atomic E-state index is 0.148. The topological polar surface area (TPSA) is 76.0 Å². The van der Waals surface area contributed by atoms with Gasteiger partial charge < -0.3 is 19.7 Å². The van der Waals surface area contributed by atoms with E-state index in [4.69, 9.17) is 9.47 Å². The molecule has 2 N–H and O–H groups in total. The molecule has 5 atom stereocenters. The summed E-state index contributed by atoms with van der Waals surface area (Å²) < 4.78 is 26.5. The molecular formula is C25H35FO5. The summed E-state index contributed by atoms with van der Waals surface area (Å²) >= 11 is 0. The predicted molar refractivity (Wildman–Crippen MR) is 120 cm³/mol. The van der Waals surface area contributed by atoms with Gasteiger partial charge in [-0.1, -0.05) is 42.8 Å². The quantitative estimate of drug-likeness (QED) is 0.548. The van der Waals surface area contributed by atoms with Crippen LogP contribution in [0.2, 0.25) is 0 Å². The second-order valence-electron chi connectivity index (χ2n) is 9.17. The molecule has 1 aliphatic rings. The lowest BCUT2D eigenvalue weighted by Crippen LogP contribution is -2.32. The summed E-state index contributed by atoms with van der Waals surface area (Å²) in [5.41, 5.74) is 0.830. The Morgan fingerprint density at radius 3 is 2.52 bits per heavy atom. The Labute approximate surface area is 184 Å². The average molecular weight is 435 g/mol. The van der Waals surface area contributed by atoms with Crippen molar-refractivity contribution < 1.29 is 28.9 Å². The molecule has 0 aliphatic carbocycles. The highest BCUT2D eigenvalue weighted by Gasteiger charge is 2.42. The van der Waals surface area contributed by atoms with Crippen molar-refractivity contribution in [1.82, 2.24) is 0 Å². The number of aliphatic hydroxyl groups excluding tert-OH is 1. The zero-order chi connectivity index (χ0) is 23.6. The lowest BCUT2D eigenvalue weighted by molar-refractivity contribution is -0.148. The number of hydrogen-bond donors (Lipinski definition) is 2. The van der Waals surface area contributed by atoms with Crippen molar-refractivity contribution in [3.63, 3.8) is 0 Å². The molecule has 0 aromatic heterocycles. The van der Waals surface area contributed by atoms with Gasteiger partial charge in [0.15, 0.2) is 11.5 Å². The number of aliphatic hydroxyl groups is 1. The van der Waals surface area contributed by atoms with Crippen LogP contribution in [0.5, 0.6) is 0 Å². The Morgan fingerprint density at radius 2 is 1.94 bits per heavy atom. The van der Waals surface area contributed by atoms with Crippen LogP contribution < -0.4 is 0 Å². The molecule has 0 saturated carbocycles. The number of aromatic carboxylic acids is 1. The molecule has 1 aliphatic heterocycles. The fourth-order valence-corrected chi connectivity index (χ4v) is 3.83. The SMILES string of the molecule is Cc1cc(C)c(C(=O)O)c(/C=C/CC2OC(C)(C)OC2C(C)/C=C\C(C)(F)C(C)O)c1. The number of aryl methyl sites for hydroxylation is 2. The molecule has 1 aromatic carbocycles. The van der Waals surface area contributed by atoms with Crippen molar-refractivity contribution in [3.05, 3.63) is 52.6 Å². The number of alkyl halides is 1. The third kappa shape index (κ3) is 6.48. The van der Waals surface area contributed by atoms with Crippen LogP contribution in [0.1, 0.15) is 68.1 Å². The molecule has 5 nitrogen and oxygen atoms in total. The van der Waals surface area contributed by atoms with Crippen molar-refractivity contribution in [2.24, 2.45) is 5.92 Å². The third-order valence-corrected chi connectivity index (χ3v) is 5.67. The van der Waals surface area contributed by atoms with Gasteiger partial charge in [-0.05, 0) is 65.2 Å². The molecule has 0 bridgehead atoms. The molecule has 0 spiro atoms. The lowest BCUT2D eigenvalue weighted by atomic mass is 9.93. The smallest absolute Gasteiger partial charge is 0.336 e. The maximum absolute atomic E-state index is 14.4. The van der Waals surface area contributed by atoms with E-state index in [2.05, 4.69) is 0 Å². The number of ether oxygens (including phenoxy) is 2. The second-order valence-corrected chi connectivity index (χ2v) is 9.17. The average Bonchev–Trinajstić information content (AvgIpc) is 2.93. The highest BCUT2D eigenvalue weighted by Crippen LogP contribution is 2.35. The summed E-state index contributed by atoms with van der Waals surface area (Å²) in [7, 11) is 0. The van der Waals surface area contributed by atoms with Crippen LogP contribution in [0.3, 0.4) is 0 Å². The number of benzene rings is 1. The van der Waals surface area contributed by atoms with Gasteiger partial charge in [0.05, 0.1) is 23.9 Å². The second kappa shape index (κ2) is 9.63. The van der Waals surface area contributed by atoms with Crippen molar-refractivity contribution in [1.29, 1.82) is 0 Å². The number of halogens is 1. The van der Waals surface area contributed by atoms with E-state index in [0.717, 1.165) is 11.1 Å². The number of carbonyl (C=O) groups is 1. The van der Waals surface area contributed by atoms with Crippen LogP contribution in [0.4, 0.5) is 4.39 Å². The molecule has 0 radical (unpaired) electrons. The monoisotopic (exact) mass is 434 g/mol. The first-order valence-corrected chi connectivity index (χ1v) is 10.7. The molecule has 1 fully saturated rings. The van der Waals surface area contributed by atoms with Gasteiger partial charge in [0, 0.05) is 5.92 Å². The molecule has 6 heteroatoms. The molecule has 172 valence electrons. The summed E-state index contributed by atoms with van der Waals surface area (Å²) in [6.45, 7) is 12.1. The zero-order valence-electron chi connectivity index (χ0n) is 19.5. The van der Waals surface area contributed by atoms with E-state index in [1.165, 1.54) is 19.9 Å². The van der Waals surface area contributed by atoms with E-state index in [1.807, 2.05) is 52.0 Å². The largest absolute Gasteiger partial charge is 0.478 e. The minimum atomic E-state index is -1.82. The molecule has 1 aromatic rings. The summed E-state index contributed by atoms with van der Waals surface area (Å²) in [6, 6.07) is 3.71. The van der Waals surface area contributed by atoms with Gasteiger partial charge in [0.25, 0.3) is 0 Å². The number of carboxylic acids is 1. The number of rotatable bonds is 8. The fourth-order valence-electron chi connectivity index (χ4n) is 3.83. The van der Waals surface area contributed by atoms with Crippen LogP contribution in [0, 0.1) is 19.8 Å². The van der Waals surface area contributed by atoms with Crippen molar-refractivity contribution in [3.8, 4) is 0 Å². The van der Waals surface area contributed by atoms with Crippen LogP contribution in [-0.2, 0) is 9.47 Å². The van der Waals surface area contributed by atoms with Crippen molar-refractivity contribution >= 4 is 12.0 Å². The summed E-state index contributed by atoms with van der Waals surface area (Å²) in [5, 5.41) is 19.1. The van der Waals surface area contributed by atoms with Crippen LogP contribution in [0.25, 0.3) is 6.08 Å². The van der Waals surface area contributed by atoms with Crippen LogP contribution in [-0.4, -0.2) is 46.0 Å². The van der Waals surface area contributed by atoms with Crippen LogP contribution in [0.15, 0.2) is 30.4 Å². The Bertz CT molecular complexity index is 854. The molecule has 2 rings (SSSR count). The first-order valence-electron chi connectivity index (χ1n) is 10.7. The maximum atomic E-state index is 14.4. The van der Waals surface area contributed by atoms with Gasteiger partial charge in [-0.15, -0.1) is 0 Å². The van der Waals surface area contributed by atoms with Crippen molar-refractivity contribution in [2.75, 3.05) is 0 Å². The summed E-state index contributed by atoms with van der Waals surface area (Å²) in [4.78, 5) is 11.7. The van der Waals surface area contributed by atoms with E-state index in [1.54, 1.807) is 13.0 Å². The molecule has 31 heavy (non-hydrogen) atoms. The van der Waals surface area contributed by atoms with Gasteiger partial charge in [0.2, 0.25) is 0 Å². The highest BCUT2D eigenvalue weighted by molar-refractivity contribution is 5.94. The van der Waals surface area contributed by atoms with Gasteiger partial charge in [0.1, 0.15) is 0 Å². The lowest BCUT2D eigenvalue weighted by Gasteiger charge is -2.23. The molecular weight excluding hydrogens is 399 g/mol. The van der Waals surface area contributed by atoms with E-state index in [-0.39, 0.29) is 18.1 Å². The number of hydrogen-bond acceptors (Lipinski definition) is 4. The summed E-state index contributed by atoms with van der Waals surface area (Å²) in [5.74, 6) is -1.88. The maximum Gasteiger partial charge on any atom is 0.336 e. The van der Waals surface area contributed by atoms with Gasteiger partial charge >= 0.3 is 5.97 Å². The van der Waals surface area contributed by atoms with Gasteiger partial charge in [-0.2, -0.15) is 0 Å². The Morgan fingerprint density at radius 1 is 1.29 bits per heavy atom. The van der Waals surface area contributed by atoms with E-state index in [9.17, 15) is 19.4 Å². The first-order chi connectivity index (χ1) is 14.2. The van der Waals surface area contributed by atoms with E-state index in [0.29, 0.717) is 17.5 Å². The van der Waals surface area contributed by atoms with Crippen LogP contribution >= 0.6 is 0 Å². The predicted octanol–water partition coefficient (Wildman–Crippen LogP) is 5.23. The third-order valence-electron chi connectivity index (χ3n) is 5.67. The fraction of sp³-hybridized carbons (Fsp3) is 0.560.